The molecule has 1 aliphatic heterocycles. The molecule has 1 N–H and O–H groups in total. The van der Waals surface area contributed by atoms with Crippen molar-refractivity contribution in [3.8, 4) is 5.75 Å². The van der Waals surface area contributed by atoms with Crippen molar-refractivity contribution in [3.05, 3.63) is 18.2 Å². The van der Waals surface area contributed by atoms with Crippen molar-refractivity contribution in [1.29, 1.82) is 0 Å². The summed E-state index contributed by atoms with van der Waals surface area (Å²) in [4.78, 5) is 16.9. The van der Waals surface area contributed by atoms with Gasteiger partial charge in [0.15, 0.2) is 5.13 Å². The van der Waals surface area contributed by atoms with Gasteiger partial charge < -0.3 is 10.1 Å². The Kier molecular flexibility index (Phi) is 5.26. The van der Waals surface area contributed by atoms with Gasteiger partial charge in [-0.25, -0.2) is 17.7 Å². The van der Waals surface area contributed by atoms with E-state index in [0.29, 0.717) is 43.4 Å². The van der Waals surface area contributed by atoms with Gasteiger partial charge in [0.25, 0.3) is 0 Å². The summed E-state index contributed by atoms with van der Waals surface area (Å²) < 4.78 is 31.0. The summed E-state index contributed by atoms with van der Waals surface area (Å²) in [5.74, 6) is 0.403. The van der Waals surface area contributed by atoms with E-state index in [1.54, 1.807) is 0 Å². The molecule has 9 heteroatoms. The van der Waals surface area contributed by atoms with Crippen LogP contribution in [0.1, 0.15) is 19.8 Å². The van der Waals surface area contributed by atoms with Crippen molar-refractivity contribution in [1.82, 2.24) is 9.29 Å². The Morgan fingerprint density at radius 2 is 2.12 bits per heavy atom. The van der Waals surface area contributed by atoms with Crippen LogP contribution in [-0.2, 0) is 14.8 Å². The van der Waals surface area contributed by atoms with Gasteiger partial charge in [-0.1, -0.05) is 17.4 Å². The molecule has 136 valence electrons. The molecule has 0 saturated carbocycles. The molecule has 1 amide bonds. The summed E-state index contributed by atoms with van der Waals surface area (Å²) in [5.41, 5.74) is 0.747. The van der Waals surface area contributed by atoms with E-state index in [1.807, 2.05) is 25.1 Å². The number of fused-ring (bicyclic) bond motifs is 1. The lowest BCUT2D eigenvalue weighted by Gasteiger charge is -2.29. The lowest BCUT2D eigenvalue weighted by Crippen LogP contribution is -2.40. The Labute approximate surface area is 151 Å². The van der Waals surface area contributed by atoms with Crippen molar-refractivity contribution in [2.24, 2.45) is 5.92 Å². The summed E-state index contributed by atoms with van der Waals surface area (Å²) >= 11 is 1.41. The number of nitrogens with zero attached hydrogens (tertiary/aromatic N) is 2. The number of piperidine rings is 1. The van der Waals surface area contributed by atoms with Crippen LogP contribution in [0.15, 0.2) is 18.2 Å². The largest absolute Gasteiger partial charge is 0.492 e. The molecular weight excluding hydrogens is 362 g/mol. The fourth-order valence-corrected chi connectivity index (χ4v) is 4.67. The van der Waals surface area contributed by atoms with Crippen LogP contribution in [0.2, 0.25) is 0 Å². The number of benzene rings is 1. The van der Waals surface area contributed by atoms with Gasteiger partial charge in [-0.3, -0.25) is 4.79 Å². The number of sulfonamides is 1. The lowest BCUT2D eigenvalue weighted by molar-refractivity contribution is -0.120. The van der Waals surface area contributed by atoms with E-state index in [9.17, 15) is 13.2 Å². The number of amides is 1. The standard InChI is InChI=1S/C16H21N3O4S2/c1-3-23-12-5-4-6-13-14(12)17-16(24-13)18-15(20)11-7-9-19(10-8-11)25(2,21)22/h4-6,11H,3,7-10H2,1-2H3,(H,17,18,20). The molecule has 0 aliphatic carbocycles. The van der Waals surface area contributed by atoms with E-state index in [4.69, 9.17) is 4.74 Å². The molecule has 25 heavy (non-hydrogen) atoms. The SMILES string of the molecule is CCOc1cccc2sc(NC(=O)C3CCN(S(C)(=O)=O)CC3)nc12. The average Bonchev–Trinajstić information content (AvgIpc) is 2.98. The zero-order valence-electron chi connectivity index (χ0n) is 14.2. The second-order valence-corrected chi connectivity index (χ2v) is 8.99. The van der Waals surface area contributed by atoms with Crippen molar-refractivity contribution < 1.29 is 17.9 Å². The molecule has 1 fully saturated rings. The topological polar surface area (TPSA) is 88.6 Å². The van der Waals surface area contributed by atoms with Crippen LogP contribution in [0.25, 0.3) is 10.2 Å². The van der Waals surface area contributed by atoms with Gasteiger partial charge in [-0.2, -0.15) is 0 Å². The summed E-state index contributed by atoms with van der Waals surface area (Å²) in [6.45, 7) is 3.23. The minimum absolute atomic E-state index is 0.106. The molecule has 1 aromatic heterocycles. The second-order valence-electron chi connectivity index (χ2n) is 5.98. The molecule has 1 aromatic carbocycles. The number of rotatable bonds is 5. The first-order valence-corrected chi connectivity index (χ1v) is 10.8. The maximum atomic E-state index is 12.5. The van der Waals surface area contributed by atoms with E-state index in [2.05, 4.69) is 10.3 Å². The third-order valence-electron chi connectivity index (χ3n) is 4.21. The average molecular weight is 383 g/mol. The molecule has 7 nitrogen and oxygen atoms in total. The number of thiazole rings is 1. The zero-order chi connectivity index (χ0) is 18.0. The van der Waals surface area contributed by atoms with Crippen LogP contribution < -0.4 is 10.1 Å². The van der Waals surface area contributed by atoms with Gasteiger partial charge >= 0.3 is 0 Å². The van der Waals surface area contributed by atoms with Gasteiger partial charge in [-0.15, -0.1) is 0 Å². The zero-order valence-corrected chi connectivity index (χ0v) is 15.8. The van der Waals surface area contributed by atoms with Gasteiger partial charge in [0.05, 0.1) is 17.6 Å². The van der Waals surface area contributed by atoms with E-state index >= 15 is 0 Å². The smallest absolute Gasteiger partial charge is 0.229 e. The minimum Gasteiger partial charge on any atom is -0.492 e. The van der Waals surface area contributed by atoms with Crippen LogP contribution in [-0.4, -0.2) is 49.6 Å². The molecule has 0 radical (unpaired) electrons. The molecule has 0 unspecified atom stereocenters. The fourth-order valence-electron chi connectivity index (χ4n) is 2.91. The maximum absolute atomic E-state index is 12.5. The van der Waals surface area contributed by atoms with Crippen molar-refractivity contribution >= 4 is 42.6 Å². The van der Waals surface area contributed by atoms with Crippen molar-refractivity contribution in [2.75, 3.05) is 31.3 Å². The van der Waals surface area contributed by atoms with E-state index in [1.165, 1.54) is 21.9 Å². The van der Waals surface area contributed by atoms with Gasteiger partial charge in [0.1, 0.15) is 11.3 Å². The second kappa shape index (κ2) is 7.27. The highest BCUT2D eigenvalue weighted by molar-refractivity contribution is 7.88. The molecule has 1 aliphatic rings. The minimum atomic E-state index is -3.18. The number of hydrogen-bond acceptors (Lipinski definition) is 6. The van der Waals surface area contributed by atoms with E-state index in [-0.39, 0.29) is 11.8 Å². The summed E-state index contributed by atoms with van der Waals surface area (Å²) in [5, 5.41) is 3.41. The van der Waals surface area contributed by atoms with Crippen LogP contribution in [0.3, 0.4) is 0 Å². The summed E-state index contributed by atoms with van der Waals surface area (Å²) in [6.07, 6.45) is 2.24. The predicted molar refractivity (Wildman–Crippen MR) is 98.6 cm³/mol. The van der Waals surface area contributed by atoms with Crippen LogP contribution >= 0.6 is 11.3 Å². The van der Waals surface area contributed by atoms with Crippen LogP contribution in [0.5, 0.6) is 5.75 Å². The Hall–Kier alpha value is -1.71. The van der Waals surface area contributed by atoms with Crippen LogP contribution in [0, 0.1) is 5.92 Å². The number of para-hydroxylation sites is 1. The quantitative estimate of drug-likeness (QED) is 0.856. The highest BCUT2D eigenvalue weighted by Gasteiger charge is 2.29. The third kappa shape index (κ3) is 4.10. The molecule has 2 aromatic rings. The number of ether oxygens (including phenoxy) is 1. The highest BCUT2D eigenvalue weighted by atomic mass is 32.2. The number of carbonyl (C=O) groups is 1. The molecule has 0 bridgehead atoms. The molecule has 3 rings (SSSR count). The highest BCUT2D eigenvalue weighted by Crippen LogP contribution is 2.33. The first-order chi connectivity index (χ1) is 11.9. The molecule has 2 heterocycles. The Bertz CT molecular complexity index is 871. The van der Waals surface area contributed by atoms with Gasteiger partial charge in [-0.05, 0) is 31.9 Å². The summed E-state index contributed by atoms with van der Waals surface area (Å²) in [6, 6.07) is 5.70. The fraction of sp³-hybridized carbons (Fsp3) is 0.500. The first-order valence-electron chi connectivity index (χ1n) is 8.17. The Balaban J connectivity index is 1.68. The summed E-state index contributed by atoms with van der Waals surface area (Å²) in [7, 11) is -3.18. The number of nitrogens with one attached hydrogen (secondary N) is 1. The molecule has 1 saturated heterocycles. The molecule has 0 spiro atoms. The molecule has 0 atom stereocenters. The number of anilines is 1. The van der Waals surface area contributed by atoms with E-state index < -0.39 is 10.0 Å². The van der Waals surface area contributed by atoms with E-state index in [0.717, 1.165) is 10.2 Å². The number of carbonyl (C=O) groups excluding carboxylic acids is 1. The number of hydrogen-bond donors (Lipinski definition) is 1. The normalized spacial score (nSPS) is 16.9. The Morgan fingerprint density at radius 1 is 1.40 bits per heavy atom. The maximum Gasteiger partial charge on any atom is 0.229 e. The van der Waals surface area contributed by atoms with Crippen LogP contribution in [0.4, 0.5) is 5.13 Å². The molecular formula is C16H21N3O4S2. The monoisotopic (exact) mass is 383 g/mol. The Morgan fingerprint density at radius 3 is 2.76 bits per heavy atom. The lowest BCUT2D eigenvalue weighted by atomic mass is 9.97. The van der Waals surface area contributed by atoms with Crippen molar-refractivity contribution in [3.63, 3.8) is 0 Å². The van der Waals surface area contributed by atoms with Gasteiger partial charge in [0, 0.05) is 19.0 Å². The third-order valence-corrected chi connectivity index (χ3v) is 6.44. The number of aromatic nitrogens is 1. The van der Waals surface area contributed by atoms with Crippen molar-refractivity contribution in [2.45, 2.75) is 19.8 Å². The first kappa shape index (κ1) is 18.1. The van der Waals surface area contributed by atoms with Gasteiger partial charge in [0.2, 0.25) is 15.9 Å². The predicted octanol–water partition coefficient (Wildman–Crippen LogP) is 2.31.